The van der Waals surface area contributed by atoms with Crippen molar-refractivity contribution in [2.24, 2.45) is 17.1 Å². The Bertz CT molecular complexity index is 417. The first-order valence-corrected chi connectivity index (χ1v) is 7.16. The van der Waals surface area contributed by atoms with Gasteiger partial charge in [0.25, 0.3) is 0 Å². The van der Waals surface area contributed by atoms with Gasteiger partial charge < -0.3 is 15.4 Å². The number of piperidine rings is 1. The van der Waals surface area contributed by atoms with Crippen LogP contribution in [-0.2, 0) is 0 Å². The molecule has 3 heteroatoms. The molecule has 0 saturated carbocycles. The molecule has 0 radical (unpaired) electrons. The number of nitrogens with two attached hydrogens (primary N) is 1. The molecule has 0 spiro atoms. The minimum atomic E-state index is 0.320. The standard InChI is InChI=1S/C16H26N2O/c1-16(2)12-18(10-8-13(16)7-9-17)14-5-4-6-15(11-14)19-3/h4-6,11,13H,7-10,12,17H2,1-3H3. The highest BCUT2D eigenvalue weighted by Gasteiger charge is 2.35. The summed E-state index contributed by atoms with van der Waals surface area (Å²) in [5.74, 6) is 1.67. The SMILES string of the molecule is COc1cccc(N2CCC(CCN)C(C)(C)C2)c1. The van der Waals surface area contributed by atoms with Crippen molar-refractivity contribution in [3.05, 3.63) is 24.3 Å². The molecule has 1 fully saturated rings. The molecule has 1 aliphatic rings. The summed E-state index contributed by atoms with van der Waals surface area (Å²) in [6, 6.07) is 8.35. The van der Waals surface area contributed by atoms with Crippen molar-refractivity contribution in [3.8, 4) is 5.75 Å². The van der Waals surface area contributed by atoms with Gasteiger partial charge in [-0.3, -0.25) is 0 Å². The van der Waals surface area contributed by atoms with E-state index >= 15 is 0 Å². The van der Waals surface area contributed by atoms with Gasteiger partial charge in [0.15, 0.2) is 0 Å². The summed E-state index contributed by atoms with van der Waals surface area (Å²) >= 11 is 0. The highest BCUT2D eigenvalue weighted by atomic mass is 16.5. The molecule has 2 N–H and O–H groups in total. The Hall–Kier alpha value is -1.22. The maximum absolute atomic E-state index is 5.73. The molecule has 19 heavy (non-hydrogen) atoms. The average molecular weight is 262 g/mol. The third-order valence-electron chi connectivity index (χ3n) is 4.38. The number of hydrogen-bond acceptors (Lipinski definition) is 3. The van der Waals surface area contributed by atoms with E-state index in [1.165, 1.54) is 12.1 Å². The molecule has 1 saturated heterocycles. The molecule has 1 aliphatic heterocycles. The zero-order valence-corrected chi connectivity index (χ0v) is 12.4. The fourth-order valence-corrected chi connectivity index (χ4v) is 3.17. The second kappa shape index (κ2) is 5.83. The number of ether oxygens (including phenoxy) is 1. The van der Waals surface area contributed by atoms with Crippen molar-refractivity contribution in [2.75, 3.05) is 31.6 Å². The van der Waals surface area contributed by atoms with E-state index in [1.54, 1.807) is 7.11 Å². The molecule has 0 aromatic heterocycles. The van der Waals surface area contributed by atoms with Gasteiger partial charge in [0.1, 0.15) is 5.75 Å². The van der Waals surface area contributed by atoms with Crippen LogP contribution in [0.4, 0.5) is 5.69 Å². The van der Waals surface area contributed by atoms with Crippen molar-refractivity contribution in [1.29, 1.82) is 0 Å². The summed E-state index contributed by atoms with van der Waals surface area (Å²) in [5, 5.41) is 0. The van der Waals surface area contributed by atoms with Crippen LogP contribution in [-0.4, -0.2) is 26.7 Å². The summed E-state index contributed by atoms with van der Waals surface area (Å²) in [7, 11) is 1.72. The largest absolute Gasteiger partial charge is 0.497 e. The van der Waals surface area contributed by atoms with E-state index in [4.69, 9.17) is 10.5 Å². The van der Waals surface area contributed by atoms with Crippen LogP contribution in [0.2, 0.25) is 0 Å². The summed E-state index contributed by atoms with van der Waals surface area (Å²) in [4.78, 5) is 2.47. The molecule has 1 aromatic carbocycles. The molecule has 2 rings (SSSR count). The van der Waals surface area contributed by atoms with Gasteiger partial charge in [-0.25, -0.2) is 0 Å². The summed E-state index contributed by atoms with van der Waals surface area (Å²) in [6.07, 6.45) is 2.36. The smallest absolute Gasteiger partial charge is 0.120 e. The normalized spacial score (nSPS) is 22.3. The van der Waals surface area contributed by atoms with Gasteiger partial charge in [0.2, 0.25) is 0 Å². The van der Waals surface area contributed by atoms with E-state index < -0.39 is 0 Å². The van der Waals surface area contributed by atoms with Crippen LogP contribution >= 0.6 is 0 Å². The van der Waals surface area contributed by atoms with Gasteiger partial charge in [-0.05, 0) is 42.9 Å². The Morgan fingerprint density at radius 2 is 2.21 bits per heavy atom. The second-order valence-corrected chi connectivity index (χ2v) is 6.17. The fourth-order valence-electron chi connectivity index (χ4n) is 3.17. The van der Waals surface area contributed by atoms with Crippen LogP contribution in [0.25, 0.3) is 0 Å². The van der Waals surface area contributed by atoms with Crippen molar-refractivity contribution >= 4 is 5.69 Å². The van der Waals surface area contributed by atoms with Gasteiger partial charge in [0.05, 0.1) is 7.11 Å². The molecule has 1 heterocycles. The first kappa shape index (κ1) is 14.2. The fraction of sp³-hybridized carbons (Fsp3) is 0.625. The van der Waals surface area contributed by atoms with Gasteiger partial charge in [0, 0.05) is 24.8 Å². The maximum Gasteiger partial charge on any atom is 0.120 e. The quantitative estimate of drug-likeness (QED) is 0.906. The summed E-state index contributed by atoms with van der Waals surface area (Å²) in [5.41, 5.74) is 7.32. The van der Waals surface area contributed by atoms with Crippen molar-refractivity contribution in [3.63, 3.8) is 0 Å². The topological polar surface area (TPSA) is 38.5 Å². The van der Waals surface area contributed by atoms with E-state index in [9.17, 15) is 0 Å². The summed E-state index contributed by atoms with van der Waals surface area (Å²) < 4.78 is 5.31. The predicted octanol–water partition coefficient (Wildman–Crippen LogP) is 2.90. The number of benzene rings is 1. The second-order valence-electron chi connectivity index (χ2n) is 6.17. The lowest BCUT2D eigenvalue weighted by molar-refractivity contribution is 0.167. The van der Waals surface area contributed by atoms with Crippen LogP contribution in [0.1, 0.15) is 26.7 Å². The molecule has 1 atom stereocenters. The monoisotopic (exact) mass is 262 g/mol. The average Bonchev–Trinajstić information content (AvgIpc) is 2.41. The molecule has 0 bridgehead atoms. The first-order valence-electron chi connectivity index (χ1n) is 7.16. The Morgan fingerprint density at radius 1 is 1.42 bits per heavy atom. The van der Waals surface area contributed by atoms with Crippen molar-refractivity contribution < 1.29 is 4.74 Å². The van der Waals surface area contributed by atoms with Gasteiger partial charge in [-0.15, -0.1) is 0 Å². The highest BCUT2D eigenvalue weighted by Crippen LogP contribution is 2.38. The van der Waals surface area contributed by atoms with Crippen LogP contribution in [0.15, 0.2) is 24.3 Å². The first-order chi connectivity index (χ1) is 9.06. The van der Waals surface area contributed by atoms with E-state index in [2.05, 4.69) is 36.9 Å². The molecule has 0 aliphatic carbocycles. The maximum atomic E-state index is 5.73. The van der Waals surface area contributed by atoms with E-state index in [-0.39, 0.29) is 0 Å². The number of anilines is 1. The number of rotatable bonds is 4. The van der Waals surface area contributed by atoms with E-state index in [0.717, 1.165) is 37.7 Å². The minimum absolute atomic E-state index is 0.320. The van der Waals surface area contributed by atoms with E-state index in [0.29, 0.717) is 5.41 Å². The van der Waals surface area contributed by atoms with Gasteiger partial charge in [-0.1, -0.05) is 19.9 Å². The predicted molar refractivity (Wildman–Crippen MR) is 80.8 cm³/mol. The molecular weight excluding hydrogens is 236 g/mol. The lowest BCUT2D eigenvalue weighted by Crippen LogP contribution is -2.46. The van der Waals surface area contributed by atoms with Crippen LogP contribution < -0.4 is 15.4 Å². The highest BCUT2D eigenvalue weighted by molar-refractivity contribution is 5.51. The number of nitrogens with zero attached hydrogens (tertiary/aromatic N) is 1. The Kier molecular flexibility index (Phi) is 4.35. The molecule has 0 amide bonds. The Balaban J connectivity index is 2.11. The molecular formula is C16H26N2O. The third kappa shape index (κ3) is 3.21. The molecule has 3 nitrogen and oxygen atoms in total. The summed E-state index contributed by atoms with van der Waals surface area (Å²) in [6.45, 7) is 7.72. The van der Waals surface area contributed by atoms with Crippen LogP contribution in [0.3, 0.4) is 0 Å². The zero-order valence-electron chi connectivity index (χ0n) is 12.4. The number of methoxy groups -OCH3 is 1. The number of hydrogen-bond donors (Lipinski definition) is 1. The van der Waals surface area contributed by atoms with Crippen LogP contribution in [0, 0.1) is 11.3 Å². The van der Waals surface area contributed by atoms with Crippen molar-refractivity contribution in [1.82, 2.24) is 0 Å². The molecule has 106 valence electrons. The zero-order chi connectivity index (χ0) is 13.9. The Labute approximate surface area is 116 Å². The molecule has 1 aromatic rings. The Morgan fingerprint density at radius 3 is 2.84 bits per heavy atom. The van der Waals surface area contributed by atoms with Gasteiger partial charge in [-0.2, -0.15) is 0 Å². The van der Waals surface area contributed by atoms with E-state index in [1.807, 2.05) is 6.07 Å². The molecule has 1 unspecified atom stereocenters. The third-order valence-corrected chi connectivity index (χ3v) is 4.38. The lowest BCUT2D eigenvalue weighted by Gasteiger charge is -2.45. The van der Waals surface area contributed by atoms with Crippen LogP contribution in [0.5, 0.6) is 5.75 Å². The lowest BCUT2D eigenvalue weighted by atomic mass is 9.72. The minimum Gasteiger partial charge on any atom is -0.497 e. The van der Waals surface area contributed by atoms with Gasteiger partial charge >= 0.3 is 0 Å². The van der Waals surface area contributed by atoms with Crippen molar-refractivity contribution in [2.45, 2.75) is 26.7 Å².